The molecule has 0 fully saturated rings. The normalized spacial score (nSPS) is 11.1. The molecule has 6 nitrogen and oxygen atoms in total. The summed E-state index contributed by atoms with van der Waals surface area (Å²) in [7, 11) is 1.56. The number of para-hydroxylation sites is 1. The van der Waals surface area contributed by atoms with E-state index in [1.54, 1.807) is 35.9 Å². The van der Waals surface area contributed by atoms with Gasteiger partial charge in [-0.15, -0.1) is 0 Å². The molecule has 4 rings (SSSR count). The number of aromatic nitrogens is 2. The largest absolute Gasteiger partial charge is 0.496 e. The van der Waals surface area contributed by atoms with Crippen LogP contribution in [-0.2, 0) is 17.9 Å². The molecule has 1 N–H and O–H groups in total. The highest BCUT2D eigenvalue weighted by Crippen LogP contribution is 2.18. The van der Waals surface area contributed by atoms with Crippen LogP contribution in [0.5, 0.6) is 5.75 Å². The maximum atomic E-state index is 13.8. The summed E-state index contributed by atoms with van der Waals surface area (Å²) in [6.07, 6.45) is 1.74. The number of benzene rings is 2. The van der Waals surface area contributed by atoms with Crippen LogP contribution in [0, 0.1) is 5.82 Å². The molecule has 0 radical (unpaired) electrons. The van der Waals surface area contributed by atoms with Crippen LogP contribution in [0.25, 0.3) is 16.6 Å². The minimum absolute atomic E-state index is 0.213. The second-order valence-electron chi connectivity index (χ2n) is 6.38. The lowest BCUT2D eigenvalue weighted by Crippen LogP contribution is -2.33. The summed E-state index contributed by atoms with van der Waals surface area (Å²) in [4.78, 5) is 25.4. The van der Waals surface area contributed by atoms with E-state index in [9.17, 15) is 14.0 Å². The minimum atomic E-state index is -0.471. The number of carbonyl (C=O) groups excluding carboxylic acids is 1. The van der Waals surface area contributed by atoms with Gasteiger partial charge in [-0.2, -0.15) is 0 Å². The van der Waals surface area contributed by atoms with Crippen molar-refractivity contribution in [3.05, 3.63) is 82.5 Å². The number of nitrogens with zero attached hydrogens (tertiary/aromatic N) is 2. The van der Waals surface area contributed by atoms with Crippen molar-refractivity contribution in [2.24, 2.45) is 0 Å². The van der Waals surface area contributed by atoms with E-state index in [-0.39, 0.29) is 24.6 Å². The zero-order chi connectivity index (χ0) is 19.7. The first-order chi connectivity index (χ1) is 13.6. The molecule has 2 aromatic heterocycles. The molecule has 0 aliphatic carbocycles. The number of fused-ring (bicyclic) bond motifs is 3. The number of methoxy groups -OCH3 is 1. The number of carbonyl (C=O) groups is 1. The summed E-state index contributed by atoms with van der Waals surface area (Å²) in [5.74, 6) is -0.154. The van der Waals surface area contributed by atoms with Gasteiger partial charge in [-0.25, -0.2) is 4.39 Å². The Balaban J connectivity index is 1.67. The van der Waals surface area contributed by atoms with E-state index >= 15 is 0 Å². The average molecular weight is 379 g/mol. The molecule has 28 heavy (non-hydrogen) atoms. The Hall–Kier alpha value is -3.61. The Kier molecular flexibility index (Phi) is 4.57. The fourth-order valence-electron chi connectivity index (χ4n) is 3.33. The van der Waals surface area contributed by atoms with Gasteiger partial charge in [0.15, 0.2) is 0 Å². The van der Waals surface area contributed by atoms with Gasteiger partial charge < -0.3 is 14.5 Å². The first-order valence-electron chi connectivity index (χ1n) is 8.76. The Morgan fingerprint density at radius 3 is 2.71 bits per heavy atom. The fourth-order valence-corrected chi connectivity index (χ4v) is 3.33. The number of hydrogen-bond donors (Lipinski definition) is 1. The first kappa shape index (κ1) is 17.8. The monoisotopic (exact) mass is 379 g/mol. The summed E-state index contributed by atoms with van der Waals surface area (Å²) >= 11 is 0. The van der Waals surface area contributed by atoms with Crippen LogP contribution in [0.1, 0.15) is 5.56 Å². The topological polar surface area (TPSA) is 64.7 Å². The van der Waals surface area contributed by atoms with Gasteiger partial charge in [-0.1, -0.05) is 18.2 Å². The molecule has 2 heterocycles. The van der Waals surface area contributed by atoms with Gasteiger partial charge in [0.1, 0.15) is 23.6 Å². The van der Waals surface area contributed by atoms with Crippen LogP contribution in [-0.4, -0.2) is 22.0 Å². The van der Waals surface area contributed by atoms with Crippen molar-refractivity contribution in [2.75, 3.05) is 7.11 Å². The van der Waals surface area contributed by atoms with Crippen LogP contribution in [0.15, 0.2) is 65.6 Å². The number of halogens is 1. The van der Waals surface area contributed by atoms with Gasteiger partial charge in [-0.05, 0) is 36.4 Å². The van der Waals surface area contributed by atoms with Crippen molar-refractivity contribution >= 4 is 22.5 Å². The molecule has 7 heteroatoms. The molecule has 0 spiro atoms. The van der Waals surface area contributed by atoms with E-state index in [0.29, 0.717) is 22.3 Å². The van der Waals surface area contributed by atoms with Crippen LogP contribution in [0.2, 0.25) is 0 Å². The Morgan fingerprint density at radius 1 is 1.07 bits per heavy atom. The molecule has 0 bridgehead atoms. The van der Waals surface area contributed by atoms with Crippen molar-refractivity contribution in [3.8, 4) is 5.75 Å². The molecule has 0 saturated heterocycles. The summed E-state index contributed by atoms with van der Waals surface area (Å²) in [6.45, 7) is 0.0485. The van der Waals surface area contributed by atoms with Crippen molar-refractivity contribution in [1.82, 2.24) is 14.3 Å². The molecule has 2 aromatic carbocycles. The van der Waals surface area contributed by atoms with E-state index in [0.717, 1.165) is 5.56 Å². The van der Waals surface area contributed by atoms with E-state index in [1.165, 1.54) is 16.7 Å². The van der Waals surface area contributed by atoms with Crippen molar-refractivity contribution in [2.45, 2.75) is 13.1 Å². The van der Waals surface area contributed by atoms with Crippen LogP contribution in [0.4, 0.5) is 4.39 Å². The van der Waals surface area contributed by atoms with E-state index in [4.69, 9.17) is 4.74 Å². The van der Waals surface area contributed by atoms with Crippen LogP contribution < -0.4 is 15.6 Å². The van der Waals surface area contributed by atoms with Crippen LogP contribution >= 0.6 is 0 Å². The van der Waals surface area contributed by atoms with Gasteiger partial charge in [-0.3, -0.25) is 14.2 Å². The van der Waals surface area contributed by atoms with Gasteiger partial charge in [0.2, 0.25) is 5.91 Å². The maximum absolute atomic E-state index is 13.8. The lowest BCUT2D eigenvalue weighted by atomic mass is 10.2. The molecule has 0 aliphatic rings. The number of ether oxygens (including phenoxy) is 1. The summed E-state index contributed by atoms with van der Waals surface area (Å²) in [5, 5.41) is 2.79. The molecule has 0 atom stereocenters. The zero-order valence-electron chi connectivity index (χ0n) is 15.2. The second kappa shape index (κ2) is 7.19. The third-order valence-electron chi connectivity index (χ3n) is 4.67. The molecular weight excluding hydrogens is 361 g/mol. The van der Waals surface area contributed by atoms with E-state index < -0.39 is 5.82 Å². The van der Waals surface area contributed by atoms with Gasteiger partial charge in [0, 0.05) is 18.3 Å². The fraction of sp³-hybridized carbons (Fsp3) is 0.143. The lowest BCUT2D eigenvalue weighted by molar-refractivity contribution is -0.121. The molecule has 0 saturated carbocycles. The van der Waals surface area contributed by atoms with Gasteiger partial charge in [0.05, 0.1) is 18.1 Å². The third kappa shape index (κ3) is 3.11. The highest BCUT2D eigenvalue weighted by atomic mass is 19.1. The van der Waals surface area contributed by atoms with Crippen molar-refractivity contribution < 1.29 is 13.9 Å². The highest BCUT2D eigenvalue weighted by molar-refractivity contribution is 5.82. The first-order valence-corrected chi connectivity index (χ1v) is 8.76. The molecule has 4 aromatic rings. The third-order valence-corrected chi connectivity index (χ3v) is 4.67. The SMILES string of the molecule is COc1ccccc1CNC(=O)Cn1c(=O)c2cccn2c2ccc(F)cc21. The van der Waals surface area contributed by atoms with Gasteiger partial charge in [0.25, 0.3) is 5.56 Å². The quantitative estimate of drug-likeness (QED) is 0.580. The predicted molar refractivity (Wildman–Crippen MR) is 104 cm³/mol. The number of nitrogens with one attached hydrogen (secondary N) is 1. The van der Waals surface area contributed by atoms with Crippen LogP contribution in [0.3, 0.4) is 0 Å². The standard InChI is InChI=1S/C21H18FN3O3/c1-28-19-7-3-2-5-14(19)12-23-20(26)13-25-18-11-15(22)8-9-16(18)24-10-4-6-17(24)21(25)27/h2-11H,12-13H2,1H3,(H,23,26). The summed E-state index contributed by atoms with van der Waals surface area (Å²) < 4.78 is 22.1. The molecule has 0 unspecified atom stereocenters. The molecular formula is C21H18FN3O3. The highest BCUT2D eigenvalue weighted by Gasteiger charge is 2.14. The van der Waals surface area contributed by atoms with E-state index in [2.05, 4.69) is 5.32 Å². The number of hydrogen-bond acceptors (Lipinski definition) is 3. The van der Waals surface area contributed by atoms with Crippen molar-refractivity contribution in [3.63, 3.8) is 0 Å². The number of rotatable bonds is 5. The van der Waals surface area contributed by atoms with E-state index in [1.807, 2.05) is 24.3 Å². The summed E-state index contributed by atoms with van der Waals surface area (Å²) in [5.41, 5.74) is 1.91. The molecule has 0 aliphatic heterocycles. The Bertz CT molecular complexity index is 1240. The zero-order valence-corrected chi connectivity index (χ0v) is 15.2. The predicted octanol–water partition coefficient (Wildman–Crippen LogP) is 2.72. The Morgan fingerprint density at radius 2 is 1.89 bits per heavy atom. The smallest absolute Gasteiger partial charge is 0.275 e. The minimum Gasteiger partial charge on any atom is -0.496 e. The molecule has 142 valence electrons. The second-order valence-corrected chi connectivity index (χ2v) is 6.38. The van der Waals surface area contributed by atoms with Crippen molar-refractivity contribution in [1.29, 1.82) is 0 Å². The maximum Gasteiger partial charge on any atom is 0.275 e. The lowest BCUT2D eigenvalue weighted by Gasteiger charge is -2.13. The summed E-state index contributed by atoms with van der Waals surface area (Å²) in [6, 6.07) is 15.0. The number of amides is 1. The molecule has 1 amide bonds. The van der Waals surface area contributed by atoms with Gasteiger partial charge >= 0.3 is 0 Å². The average Bonchev–Trinajstić information content (AvgIpc) is 3.20. The Labute approximate surface area is 159 Å².